The molecule has 5 heteroatoms. The van der Waals surface area contributed by atoms with Crippen LogP contribution in [0.1, 0.15) is 0 Å². The van der Waals surface area contributed by atoms with E-state index in [1.165, 1.54) is 6.07 Å². The van der Waals surface area contributed by atoms with E-state index < -0.39 is 11.5 Å². The molecule has 5 nitrogen and oxygen atoms in total. The van der Waals surface area contributed by atoms with Crippen LogP contribution in [-0.4, -0.2) is 12.5 Å². The van der Waals surface area contributed by atoms with Crippen LogP contribution in [-0.2, 0) is 4.79 Å². The third kappa shape index (κ3) is 2.83. The van der Waals surface area contributed by atoms with Crippen molar-refractivity contribution in [2.24, 2.45) is 5.73 Å². The summed E-state index contributed by atoms with van der Waals surface area (Å²) in [5, 5.41) is 0.789. The molecular formula is C17H13NO4. The number of hydrogen-bond acceptors (Lipinski definition) is 4. The maximum Gasteiger partial charge on any atom is 0.336 e. The molecule has 0 radical (unpaired) electrons. The molecule has 1 aromatic heterocycles. The standard InChI is InChI=1S/C17H13NO4/c18-16(19)10-21-12-6-7-13-14(11-4-2-1-3-5-11)9-17(20)22-15(13)8-12/h1-9H,10H2,(H2,18,19). The maximum absolute atomic E-state index is 11.8. The Hall–Kier alpha value is -3.08. The minimum Gasteiger partial charge on any atom is -0.484 e. The Labute approximate surface area is 125 Å². The van der Waals surface area contributed by atoms with Crippen LogP contribution in [0, 0.1) is 0 Å². The molecule has 0 fully saturated rings. The van der Waals surface area contributed by atoms with Gasteiger partial charge in [-0.25, -0.2) is 4.79 Å². The number of benzene rings is 2. The van der Waals surface area contributed by atoms with Gasteiger partial charge < -0.3 is 14.9 Å². The summed E-state index contributed by atoms with van der Waals surface area (Å²) in [5.74, 6) is -0.153. The van der Waals surface area contributed by atoms with E-state index in [-0.39, 0.29) is 6.61 Å². The molecule has 3 rings (SSSR count). The van der Waals surface area contributed by atoms with Crippen molar-refractivity contribution in [1.82, 2.24) is 0 Å². The van der Waals surface area contributed by atoms with Crippen LogP contribution in [0.5, 0.6) is 5.75 Å². The summed E-state index contributed by atoms with van der Waals surface area (Å²) < 4.78 is 10.4. The zero-order chi connectivity index (χ0) is 15.5. The minimum absolute atomic E-state index is 0.228. The van der Waals surface area contributed by atoms with E-state index in [4.69, 9.17) is 14.9 Å². The second kappa shape index (κ2) is 5.73. The molecule has 1 heterocycles. The molecule has 0 spiro atoms. The third-order valence-corrected chi connectivity index (χ3v) is 3.18. The first-order valence-corrected chi connectivity index (χ1v) is 6.68. The largest absolute Gasteiger partial charge is 0.484 e. The number of carbonyl (C=O) groups excluding carboxylic acids is 1. The van der Waals surface area contributed by atoms with Crippen molar-refractivity contribution in [1.29, 1.82) is 0 Å². The summed E-state index contributed by atoms with van der Waals surface area (Å²) in [7, 11) is 0. The van der Waals surface area contributed by atoms with Gasteiger partial charge in [0.05, 0.1) is 0 Å². The number of hydrogen-bond donors (Lipinski definition) is 1. The highest BCUT2D eigenvalue weighted by Crippen LogP contribution is 2.29. The summed E-state index contributed by atoms with van der Waals surface area (Å²) in [6, 6.07) is 16.1. The average molecular weight is 295 g/mol. The zero-order valence-corrected chi connectivity index (χ0v) is 11.6. The first-order chi connectivity index (χ1) is 10.6. The molecule has 2 N–H and O–H groups in total. The Morgan fingerprint density at radius 3 is 2.59 bits per heavy atom. The van der Waals surface area contributed by atoms with Crippen molar-refractivity contribution in [3.8, 4) is 16.9 Å². The van der Waals surface area contributed by atoms with Crippen LogP contribution in [0.2, 0.25) is 0 Å². The number of ether oxygens (including phenoxy) is 1. The van der Waals surface area contributed by atoms with E-state index in [0.29, 0.717) is 11.3 Å². The van der Waals surface area contributed by atoms with Gasteiger partial charge in [0.25, 0.3) is 5.91 Å². The molecule has 0 saturated heterocycles. The summed E-state index contributed by atoms with van der Waals surface area (Å²) in [6.45, 7) is -0.228. The van der Waals surface area contributed by atoms with Crippen LogP contribution in [0.25, 0.3) is 22.1 Å². The lowest BCUT2D eigenvalue weighted by Crippen LogP contribution is -2.19. The van der Waals surface area contributed by atoms with Crippen LogP contribution in [0.4, 0.5) is 0 Å². The predicted octanol–water partition coefficient (Wildman–Crippen LogP) is 2.32. The number of nitrogens with two attached hydrogens (primary N) is 1. The summed E-state index contributed by atoms with van der Waals surface area (Å²) in [4.78, 5) is 22.5. The predicted molar refractivity (Wildman–Crippen MR) is 82.6 cm³/mol. The smallest absolute Gasteiger partial charge is 0.336 e. The third-order valence-electron chi connectivity index (χ3n) is 3.18. The van der Waals surface area contributed by atoms with Gasteiger partial charge in [-0.1, -0.05) is 30.3 Å². The van der Waals surface area contributed by atoms with Crippen molar-refractivity contribution < 1.29 is 13.9 Å². The lowest BCUT2D eigenvalue weighted by molar-refractivity contribution is -0.119. The van der Waals surface area contributed by atoms with Gasteiger partial charge in [-0.3, -0.25) is 4.79 Å². The Morgan fingerprint density at radius 2 is 1.86 bits per heavy atom. The van der Waals surface area contributed by atoms with Gasteiger partial charge in [-0.2, -0.15) is 0 Å². The Kier molecular flexibility index (Phi) is 3.62. The molecule has 3 aromatic rings. The zero-order valence-electron chi connectivity index (χ0n) is 11.6. The Morgan fingerprint density at radius 1 is 1.09 bits per heavy atom. The van der Waals surface area contributed by atoms with E-state index in [1.807, 2.05) is 30.3 Å². The molecule has 0 aliphatic heterocycles. The minimum atomic E-state index is -0.570. The number of amides is 1. The quantitative estimate of drug-likeness (QED) is 0.749. The highest BCUT2D eigenvalue weighted by Gasteiger charge is 2.09. The topological polar surface area (TPSA) is 82.5 Å². The first-order valence-electron chi connectivity index (χ1n) is 6.68. The fourth-order valence-electron chi connectivity index (χ4n) is 2.24. The summed E-state index contributed by atoms with van der Waals surface area (Å²) in [5.41, 5.74) is 6.70. The monoisotopic (exact) mass is 295 g/mol. The molecule has 22 heavy (non-hydrogen) atoms. The lowest BCUT2D eigenvalue weighted by atomic mass is 10.0. The number of rotatable bonds is 4. The lowest BCUT2D eigenvalue weighted by Gasteiger charge is -2.08. The molecule has 0 saturated carbocycles. The number of fused-ring (bicyclic) bond motifs is 1. The van der Waals surface area contributed by atoms with Gasteiger partial charge in [0.15, 0.2) is 6.61 Å². The second-order valence-corrected chi connectivity index (χ2v) is 4.76. The van der Waals surface area contributed by atoms with E-state index in [0.717, 1.165) is 16.5 Å². The van der Waals surface area contributed by atoms with Gasteiger partial charge in [0, 0.05) is 17.5 Å². The Balaban J connectivity index is 2.11. The second-order valence-electron chi connectivity index (χ2n) is 4.76. The highest BCUT2D eigenvalue weighted by atomic mass is 16.5. The van der Waals surface area contributed by atoms with Gasteiger partial charge in [0.2, 0.25) is 0 Å². The molecule has 2 aromatic carbocycles. The Bertz CT molecular complexity index is 884. The number of carbonyl (C=O) groups is 1. The summed E-state index contributed by atoms with van der Waals surface area (Å²) >= 11 is 0. The van der Waals surface area contributed by atoms with Crippen molar-refractivity contribution in [2.45, 2.75) is 0 Å². The van der Waals surface area contributed by atoms with E-state index in [9.17, 15) is 9.59 Å². The van der Waals surface area contributed by atoms with Crippen LogP contribution in [0.15, 0.2) is 63.8 Å². The van der Waals surface area contributed by atoms with E-state index in [2.05, 4.69) is 0 Å². The maximum atomic E-state index is 11.8. The van der Waals surface area contributed by atoms with Crippen molar-refractivity contribution in [3.05, 3.63) is 65.0 Å². The van der Waals surface area contributed by atoms with Gasteiger partial charge >= 0.3 is 5.63 Å². The SMILES string of the molecule is NC(=O)COc1ccc2c(-c3ccccc3)cc(=O)oc2c1. The van der Waals surface area contributed by atoms with E-state index in [1.54, 1.807) is 18.2 Å². The molecule has 0 aliphatic rings. The van der Waals surface area contributed by atoms with Crippen LogP contribution >= 0.6 is 0 Å². The fraction of sp³-hybridized carbons (Fsp3) is 0.0588. The molecule has 110 valence electrons. The highest BCUT2D eigenvalue weighted by molar-refractivity contribution is 5.93. The fourth-order valence-corrected chi connectivity index (χ4v) is 2.24. The normalized spacial score (nSPS) is 10.5. The van der Waals surface area contributed by atoms with Crippen molar-refractivity contribution >= 4 is 16.9 Å². The molecule has 1 amide bonds. The van der Waals surface area contributed by atoms with Crippen molar-refractivity contribution in [2.75, 3.05) is 6.61 Å². The van der Waals surface area contributed by atoms with Gasteiger partial charge in [-0.05, 0) is 23.3 Å². The molecule has 0 atom stereocenters. The average Bonchev–Trinajstić information content (AvgIpc) is 2.52. The van der Waals surface area contributed by atoms with Gasteiger partial charge in [0.1, 0.15) is 11.3 Å². The van der Waals surface area contributed by atoms with Crippen LogP contribution in [0.3, 0.4) is 0 Å². The molecule has 0 aliphatic carbocycles. The van der Waals surface area contributed by atoms with Crippen LogP contribution < -0.4 is 16.1 Å². The molecule has 0 bridgehead atoms. The summed E-state index contributed by atoms with van der Waals surface area (Å²) in [6.07, 6.45) is 0. The van der Waals surface area contributed by atoms with Gasteiger partial charge in [-0.15, -0.1) is 0 Å². The van der Waals surface area contributed by atoms with Crippen molar-refractivity contribution in [3.63, 3.8) is 0 Å². The van der Waals surface area contributed by atoms with E-state index >= 15 is 0 Å². The molecule has 0 unspecified atom stereocenters. The first kappa shape index (κ1) is 13.9. The molecular weight excluding hydrogens is 282 g/mol. The number of primary amides is 1.